The highest BCUT2D eigenvalue weighted by Gasteiger charge is 2.09. The molecule has 0 aliphatic carbocycles. The predicted octanol–water partition coefficient (Wildman–Crippen LogP) is 2.25. The molecule has 1 N–H and O–H groups in total. The standard InChI is InChI=1S/C11H18N2O/c1-8(2)4-5-11(14)10-6-7-12-9(3)13-10/h6-8,11,14H,4-5H2,1-3H3. The second kappa shape index (κ2) is 5.05. The van der Waals surface area contributed by atoms with Crippen molar-refractivity contribution in [3.63, 3.8) is 0 Å². The van der Waals surface area contributed by atoms with Crippen molar-refractivity contribution < 1.29 is 5.11 Å². The number of hydrogen-bond donors (Lipinski definition) is 1. The predicted molar refractivity (Wildman–Crippen MR) is 55.8 cm³/mol. The number of nitrogens with zero attached hydrogens (tertiary/aromatic N) is 2. The first-order valence-electron chi connectivity index (χ1n) is 5.07. The van der Waals surface area contributed by atoms with E-state index in [4.69, 9.17) is 0 Å². The minimum absolute atomic E-state index is 0.445. The van der Waals surface area contributed by atoms with E-state index in [-0.39, 0.29) is 0 Å². The first-order valence-corrected chi connectivity index (χ1v) is 5.07. The average Bonchev–Trinajstić information content (AvgIpc) is 2.14. The first kappa shape index (κ1) is 11.1. The Labute approximate surface area is 85.2 Å². The van der Waals surface area contributed by atoms with Gasteiger partial charge in [0.25, 0.3) is 0 Å². The van der Waals surface area contributed by atoms with E-state index in [2.05, 4.69) is 23.8 Å². The fourth-order valence-electron chi connectivity index (χ4n) is 1.30. The van der Waals surface area contributed by atoms with Gasteiger partial charge < -0.3 is 5.11 Å². The van der Waals surface area contributed by atoms with Gasteiger partial charge in [-0.3, -0.25) is 0 Å². The van der Waals surface area contributed by atoms with E-state index in [1.54, 1.807) is 12.3 Å². The quantitative estimate of drug-likeness (QED) is 0.799. The summed E-state index contributed by atoms with van der Waals surface area (Å²) in [6.45, 7) is 6.13. The zero-order valence-electron chi connectivity index (χ0n) is 9.07. The van der Waals surface area contributed by atoms with Gasteiger partial charge in [0.05, 0.1) is 11.8 Å². The van der Waals surface area contributed by atoms with E-state index >= 15 is 0 Å². The summed E-state index contributed by atoms with van der Waals surface area (Å²) >= 11 is 0. The molecule has 0 saturated heterocycles. The Kier molecular flexibility index (Phi) is 4.01. The molecule has 3 nitrogen and oxygen atoms in total. The van der Waals surface area contributed by atoms with Crippen molar-refractivity contribution >= 4 is 0 Å². The molecule has 1 aromatic rings. The Balaban J connectivity index is 2.56. The normalized spacial score (nSPS) is 13.2. The van der Waals surface area contributed by atoms with E-state index in [1.807, 2.05) is 6.92 Å². The molecule has 1 unspecified atom stereocenters. The summed E-state index contributed by atoms with van der Waals surface area (Å²) in [5.41, 5.74) is 0.734. The molecule has 0 saturated carbocycles. The van der Waals surface area contributed by atoms with Crippen molar-refractivity contribution in [1.82, 2.24) is 9.97 Å². The van der Waals surface area contributed by atoms with Crippen molar-refractivity contribution in [3.8, 4) is 0 Å². The Morgan fingerprint density at radius 3 is 2.64 bits per heavy atom. The van der Waals surface area contributed by atoms with Gasteiger partial charge >= 0.3 is 0 Å². The van der Waals surface area contributed by atoms with Crippen LogP contribution >= 0.6 is 0 Å². The zero-order valence-corrected chi connectivity index (χ0v) is 9.07. The van der Waals surface area contributed by atoms with Crippen molar-refractivity contribution in [2.75, 3.05) is 0 Å². The Morgan fingerprint density at radius 2 is 2.07 bits per heavy atom. The topological polar surface area (TPSA) is 46.0 Å². The van der Waals surface area contributed by atoms with Gasteiger partial charge in [0.2, 0.25) is 0 Å². The lowest BCUT2D eigenvalue weighted by Gasteiger charge is -2.11. The molecular formula is C11H18N2O. The van der Waals surface area contributed by atoms with E-state index in [9.17, 15) is 5.11 Å². The third-order valence-corrected chi connectivity index (χ3v) is 2.16. The summed E-state index contributed by atoms with van der Waals surface area (Å²) < 4.78 is 0. The lowest BCUT2D eigenvalue weighted by atomic mass is 10.0. The molecule has 0 aliphatic heterocycles. The summed E-state index contributed by atoms with van der Waals surface area (Å²) in [6, 6.07) is 1.78. The van der Waals surface area contributed by atoms with Gasteiger partial charge in [0, 0.05) is 6.20 Å². The monoisotopic (exact) mass is 194 g/mol. The van der Waals surface area contributed by atoms with Gasteiger partial charge in [0.15, 0.2) is 0 Å². The Bertz CT molecular complexity index is 286. The molecule has 1 rings (SSSR count). The number of hydrogen-bond acceptors (Lipinski definition) is 3. The average molecular weight is 194 g/mol. The van der Waals surface area contributed by atoms with Crippen molar-refractivity contribution in [1.29, 1.82) is 0 Å². The van der Waals surface area contributed by atoms with Crippen LogP contribution in [0.4, 0.5) is 0 Å². The van der Waals surface area contributed by atoms with Crippen LogP contribution in [0.2, 0.25) is 0 Å². The smallest absolute Gasteiger partial charge is 0.125 e. The Morgan fingerprint density at radius 1 is 1.36 bits per heavy atom. The van der Waals surface area contributed by atoms with Crippen LogP contribution in [-0.2, 0) is 0 Å². The molecule has 3 heteroatoms. The highest BCUT2D eigenvalue weighted by Crippen LogP contribution is 2.18. The van der Waals surface area contributed by atoms with Gasteiger partial charge in [-0.15, -0.1) is 0 Å². The molecule has 0 amide bonds. The SMILES string of the molecule is Cc1nccc(C(O)CCC(C)C)n1. The number of aryl methyl sites for hydroxylation is 1. The van der Waals surface area contributed by atoms with Crippen LogP contribution in [0.5, 0.6) is 0 Å². The summed E-state index contributed by atoms with van der Waals surface area (Å²) in [5.74, 6) is 1.33. The van der Waals surface area contributed by atoms with Gasteiger partial charge in [-0.2, -0.15) is 0 Å². The summed E-state index contributed by atoms with van der Waals surface area (Å²) in [6.07, 6.45) is 3.04. The molecule has 0 aromatic carbocycles. The lowest BCUT2D eigenvalue weighted by Crippen LogP contribution is -2.03. The first-order chi connectivity index (χ1) is 6.59. The molecule has 14 heavy (non-hydrogen) atoms. The minimum atomic E-state index is -0.445. The van der Waals surface area contributed by atoms with E-state index in [1.165, 1.54) is 0 Å². The maximum Gasteiger partial charge on any atom is 0.125 e. The molecule has 0 fully saturated rings. The highest BCUT2D eigenvalue weighted by atomic mass is 16.3. The third kappa shape index (κ3) is 3.42. The molecule has 0 radical (unpaired) electrons. The van der Waals surface area contributed by atoms with Crippen LogP contribution in [0.25, 0.3) is 0 Å². The van der Waals surface area contributed by atoms with Crippen LogP contribution < -0.4 is 0 Å². The van der Waals surface area contributed by atoms with Crippen LogP contribution in [0.15, 0.2) is 12.3 Å². The van der Waals surface area contributed by atoms with E-state index in [0.29, 0.717) is 11.7 Å². The zero-order chi connectivity index (χ0) is 10.6. The molecule has 78 valence electrons. The van der Waals surface area contributed by atoms with Crippen molar-refractivity contribution in [3.05, 3.63) is 23.8 Å². The number of aliphatic hydroxyl groups excluding tert-OH is 1. The van der Waals surface area contributed by atoms with Crippen molar-refractivity contribution in [2.45, 2.75) is 39.7 Å². The van der Waals surface area contributed by atoms with Gasteiger partial charge in [0.1, 0.15) is 5.82 Å². The van der Waals surface area contributed by atoms with Crippen LogP contribution in [0, 0.1) is 12.8 Å². The number of aliphatic hydroxyl groups is 1. The van der Waals surface area contributed by atoms with E-state index in [0.717, 1.165) is 18.5 Å². The Hall–Kier alpha value is -0.960. The molecule has 1 atom stereocenters. The minimum Gasteiger partial charge on any atom is -0.387 e. The third-order valence-electron chi connectivity index (χ3n) is 2.16. The number of aromatic nitrogens is 2. The second-order valence-electron chi connectivity index (χ2n) is 4.02. The molecule has 0 aliphatic rings. The maximum absolute atomic E-state index is 9.80. The van der Waals surface area contributed by atoms with Crippen LogP contribution in [0.1, 0.15) is 44.3 Å². The number of rotatable bonds is 4. The van der Waals surface area contributed by atoms with Gasteiger partial charge in [-0.05, 0) is 31.7 Å². The summed E-state index contributed by atoms with van der Waals surface area (Å²) in [7, 11) is 0. The molecule has 1 aromatic heterocycles. The molecule has 0 spiro atoms. The van der Waals surface area contributed by atoms with Gasteiger partial charge in [-0.1, -0.05) is 13.8 Å². The molecule has 1 heterocycles. The largest absolute Gasteiger partial charge is 0.387 e. The van der Waals surface area contributed by atoms with E-state index < -0.39 is 6.10 Å². The second-order valence-corrected chi connectivity index (χ2v) is 4.02. The van der Waals surface area contributed by atoms with Crippen LogP contribution in [-0.4, -0.2) is 15.1 Å². The molecule has 0 bridgehead atoms. The lowest BCUT2D eigenvalue weighted by molar-refractivity contribution is 0.154. The van der Waals surface area contributed by atoms with Crippen LogP contribution in [0.3, 0.4) is 0 Å². The summed E-state index contributed by atoms with van der Waals surface area (Å²) in [4.78, 5) is 8.19. The summed E-state index contributed by atoms with van der Waals surface area (Å²) in [5, 5.41) is 9.80. The maximum atomic E-state index is 9.80. The fourth-order valence-corrected chi connectivity index (χ4v) is 1.30. The highest BCUT2D eigenvalue weighted by molar-refractivity contribution is 5.04. The van der Waals surface area contributed by atoms with Gasteiger partial charge in [-0.25, -0.2) is 9.97 Å². The molecular weight excluding hydrogens is 176 g/mol. The fraction of sp³-hybridized carbons (Fsp3) is 0.636. The van der Waals surface area contributed by atoms with Crippen molar-refractivity contribution in [2.24, 2.45) is 5.92 Å².